The Morgan fingerprint density at radius 3 is 2.18 bits per heavy atom. The zero-order chi connectivity index (χ0) is 13.3. The van der Waals surface area contributed by atoms with E-state index in [1.807, 2.05) is 0 Å². The molecule has 0 aliphatic heterocycles. The molecule has 0 aliphatic carbocycles. The molecule has 0 radical (unpaired) electrons. The second kappa shape index (κ2) is 9.18. The van der Waals surface area contributed by atoms with Crippen molar-refractivity contribution in [3.8, 4) is 0 Å². The van der Waals surface area contributed by atoms with Gasteiger partial charge in [0, 0.05) is 4.53 Å². The van der Waals surface area contributed by atoms with Gasteiger partial charge in [0.1, 0.15) is 6.17 Å². The van der Waals surface area contributed by atoms with Crippen LogP contribution in [0, 0.1) is 0 Å². The fourth-order valence-corrected chi connectivity index (χ4v) is 1.30. The lowest BCUT2D eigenvalue weighted by atomic mass is 10.0. The van der Waals surface area contributed by atoms with Gasteiger partial charge in [-0.3, -0.25) is 9.33 Å². The standard InChI is InChI=1S/C10H15F5O2/c11-6-4-2-1-3-5-7(12)8(13)9(14)10(16)17-15/h7-9H,1-6H2. The van der Waals surface area contributed by atoms with Crippen LogP contribution in [-0.2, 0) is 9.74 Å². The molecule has 0 amide bonds. The molecule has 0 bridgehead atoms. The van der Waals surface area contributed by atoms with Gasteiger partial charge < -0.3 is 0 Å². The maximum absolute atomic E-state index is 13.0. The first-order chi connectivity index (χ1) is 8.04. The first kappa shape index (κ1) is 16.1. The third kappa shape index (κ3) is 6.43. The molecule has 17 heavy (non-hydrogen) atoms. The van der Waals surface area contributed by atoms with E-state index in [-0.39, 0.29) is 12.8 Å². The van der Waals surface area contributed by atoms with E-state index < -0.39 is 31.2 Å². The summed E-state index contributed by atoms with van der Waals surface area (Å²) in [6.45, 7) is -0.473. The van der Waals surface area contributed by atoms with E-state index in [4.69, 9.17) is 0 Å². The molecule has 0 saturated carbocycles. The number of unbranched alkanes of at least 4 members (excludes halogenated alkanes) is 3. The summed E-state index contributed by atoms with van der Waals surface area (Å²) in [6, 6.07) is 0. The molecule has 102 valence electrons. The van der Waals surface area contributed by atoms with Crippen molar-refractivity contribution in [1.29, 1.82) is 0 Å². The number of carbonyl (C=O) groups excluding carboxylic acids is 1. The third-order valence-corrected chi connectivity index (χ3v) is 2.29. The molecule has 0 aliphatic rings. The number of carbonyl (C=O) groups is 1. The predicted octanol–water partition coefficient (Wildman–Crippen LogP) is 3.35. The van der Waals surface area contributed by atoms with E-state index in [1.165, 1.54) is 0 Å². The van der Waals surface area contributed by atoms with E-state index in [0.717, 1.165) is 0 Å². The van der Waals surface area contributed by atoms with E-state index in [9.17, 15) is 26.9 Å². The maximum Gasteiger partial charge on any atom is 0.385 e. The Morgan fingerprint density at radius 2 is 1.65 bits per heavy atom. The average molecular weight is 262 g/mol. The molecule has 2 nitrogen and oxygen atoms in total. The summed E-state index contributed by atoms with van der Waals surface area (Å²) in [5.41, 5.74) is 0. The van der Waals surface area contributed by atoms with Crippen molar-refractivity contribution in [2.24, 2.45) is 0 Å². The van der Waals surface area contributed by atoms with Crippen molar-refractivity contribution in [1.82, 2.24) is 0 Å². The van der Waals surface area contributed by atoms with Gasteiger partial charge in [-0.15, -0.1) is 0 Å². The summed E-state index contributed by atoms with van der Waals surface area (Å²) in [6.07, 6.45) is -6.58. The van der Waals surface area contributed by atoms with Crippen LogP contribution in [-0.4, -0.2) is 31.2 Å². The van der Waals surface area contributed by atoms with Gasteiger partial charge in [-0.25, -0.2) is 18.0 Å². The van der Waals surface area contributed by atoms with Crippen LogP contribution in [0.15, 0.2) is 0 Å². The molecule has 7 heteroatoms. The molecule has 0 saturated heterocycles. The average Bonchev–Trinajstić information content (AvgIpc) is 2.35. The largest absolute Gasteiger partial charge is 0.385 e. The van der Waals surface area contributed by atoms with Crippen molar-refractivity contribution >= 4 is 5.97 Å². The van der Waals surface area contributed by atoms with E-state index in [1.54, 1.807) is 0 Å². The van der Waals surface area contributed by atoms with Gasteiger partial charge >= 0.3 is 5.97 Å². The summed E-state index contributed by atoms with van der Waals surface area (Å²) in [5, 5.41) is 0. The minimum Gasteiger partial charge on any atom is -0.251 e. The minimum atomic E-state index is -2.96. The third-order valence-electron chi connectivity index (χ3n) is 2.29. The molecule has 0 rings (SSSR count). The molecule has 0 heterocycles. The van der Waals surface area contributed by atoms with Crippen molar-refractivity contribution in [3.05, 3.63) is 0 Å². The topological polar surface area (TPSA) is 26.3 Å². The second-order valence-electron chi connectivity index (χ2n) is 3.65. The lowest BCUT2D eigenvalue weighted by molar-refractivity contribution is -0.193. The van der Waals surface area contributed by atoms with Crippen LogP contribution < -0.4 is 0 Å². The van der Waals surface area contributed by atoms with Gasteiger partial charge in [-0.05, 0) is 12.8 Å². The second-order valence-corrected chi connectivity index (χ2v) is 3.65. The smallest absolute Gasteiger partial charge is 0.251 e. The lowest BCUT2D eigenvalue weighted by Gasteiger charge is -2.14. The van der Waals surface area contributed by atoms with Gasteiger partial charge in [0.2, 0.25) is 6.17 Å². The summed E-state index contributed by atoms with van der Waals surface area (Å²) in [5.74, 6) is -2.07. The number of hydrogen-bond donors (Lipinski definition) is 0. The first-order valence-electron chi connectivity index (χ1n) is 5.35. The van der Waals surface area contributed by atoms with E-state index in [0.29, 0.717) is 19.3 Å². The van der Waals surface area contributed by atoms with E-state index >= 15 is 0 Å². The number of alkyl halides is 4. The summed E-state index contributed by atoms with van der Waals surface area (Å²) in [7, 11) is 0. The maximum atomic E-state index is 13.0. The van der Waals surface area contributed by atoms with Crippen molar-refractivity contribution in [3.63, 3.8) is 0 Å². The molecule has 0 aromatic carbocycles. The molecule has 0 aromatic heterocycles. The van der Waals surface area contributed by atoms with Gasteiger partial charge in [-0.2, -0.15) is 0 Å². The summed E-state index contributed by atoms with van der Waals surface area (Å²) < 4.78 is 61.6. The number of halogens is 5. The quantitative estimate of drug-likeness (QED) is 0.470. The van der Waals surface area contributed by atoms with Crippen molar-refractivity contribution < 1.29 is 31.8 Å². The highest BCUT2D eigenvalue weighted by Gasteiger charge is 2.36. The summed E-state index contributed by atoms with van der Waals surface area (Å²) >= 11 is 0. The SMILES string of the molecule is O=C(OF)C(F)C(F)C(F)CCCCCCF. The highest BCUT2D eigenvalue weighted by atomic mass is 19.3. The minimum absolute atomic E-state index is 0.249. The zero-order valence-electron chi connectivity index (χ0n) is 9.18. The number of hydrogen-bond acceptors (Lipinski definition) is 2. The predicted molar refractivity (Wildman–Crippen MR) is 50.9 cm³/mol. The monoisotopic (exact) mass is 262 g/mol. The van der Waals surface area contributed by atoms with Gasteiger partial charge in [0.15, 0.2) is 6.17 Å². The van der Waals surface area contributed by atoms with Gasteiger partial charge in [-0.1, -0.05) is 19.3 Å². The molecule has 0 fully saturated rings. The highest BCUT2D eigenvalue weighted by Crippen LogP contribution is 2.19. The first-order valence-corrected chi connectivity index (χ1v) is 5.35. The van der Waals surface area contributed by atoms with Crippen molar-refractivity contribution in [2.75, 3.05) is 6.67 Å². The van der Waals surface area contributed by atoms with Crippen LogP contribution in [0.5, 0.6) is 0 Å². The lowest BCUT2D eigenvalue weighted by Crippen LogP contribution is -2.34. The Morgan fingerprint density at radius 1 is 1.06 bits per heavy atom. The van der Waals surface area contributed by atoms with Crippen LogP contribution in [0.2, 0.25) is 0 Å². The number of rotatable bonds is 9. The Kier molecular flexibility index (Phi) is 8.71. The van der Waals surface area contributed by atoms with Gasteiger partial charge in [0.05, 0.1) is 6.67 Å². The Hall–Kier alpha value is -0.880. The molecule has 3 atom stereocenters. The van der Waals surface area contributed by atoms with Crippen molar-refractivity contribution in [2.45, 2.75) is 50.6 Å². The molecule has 0 spiro atoms. The van der Waals surface area contributed by atoms with E-state index in [2.05, 4.69) is 4.94 Å². The van der Waals surface area contributed by atoms with Crippen LogP contribution in [0.4, 0.5) is 22.1 Å². The molecular weight excluding hydrogens is 247 g/mol. The van der Waals surface area contributed by atoms with Crippen LogP contribution >= 0.6 is 0 Å². The highest BCUT2D eigenvalue weighted by molar-refractivity contribution is 5.74. The summed E-state index contributed by atoms with van der Waals surface area (Å²) in [4.78, 5) is 12.7. The van der Waals surface area contributed by atoms with Crippen LogP contribution in [0.25, 0.3) is 0 Å². The fraction of sp³-hybridized carbons (Fsp3) is 0.900. The molecule has 0 aromatic rings. The normalized spacial score (nSPS) is 16.3. The zero-order valence-corrected chi connectivity index (χ0v) is 9.18. The Bertz CT molecular complexity index is 215. The van der Waals surface area contributed by atoms with Crippen LogP contribution in [0.3, 0.4) is 0 Å². The Balaban J connectivity index is 3.80. The Labute approximate surface area is 96.0 Å². The molecule has 3 unspecified atom stereocenters. The fourth-order valence-electron chi connectivity index (χ4n) is 1.30. The van der Waals surface area contributed by atoms with Gasteiger partial charge in [0.25, 0.3) is 0 Å². The van der Waals surface area contributed by atoms with Crippen LogP contribution in [0.1, 0.15) is 32.1 Å². The molecular formula is C10H15F5O2. The molecule has 0 N–H and O–H groups in total.